The van der Waals surface area contributed by atoms with Crippen molar-refractivity contribution in [3.05, 3.63) is 35.4 Å². The Hall–Kier alpha value is -2.33. The molecule has 1 aromatic carbocycles. The van der Waals surface area contributed by atoms with Gasteiger partial charge in [-0.3, -0.25) is 0 Å². The van der Waals surface area contributed by atoms with E-state index < -0.39 is 11.6 Å². The molecule has 16 heavy (non-hydrogen) atoms. The first-order valence-electron chi connectivity index (χ1n) is 4.64. The van der Waals surface area contributed by atoms with E-state index in [9.17, 15) is 4.79 Å². The molecule has 80 valence electrons. The van der Waals surface area contributed by atoms with Gasteiger partial charge < -0.3 is 4.74 Å². The maximum absolute atomic E-state index is 11.7. The van der Waals surface area contributed by atoms with Crippen LogP contribution in [0.4, 0.5) is 0 Å². The normalized spacial score (nSPS) is 10.0. The van der Waals surface area contributed by atoms with Gasteiger partial charge in [-0.2, -0.15) is 10.5 Å². The number of benzene rings is 1. The van der Waals surface area contributed by atoms with E-state index in [2.05, 4.69) is 0 Å². The Morgan fingerprint density at radius 3 is 2.50 bits per heavy atom. The molecular weight excluding hydrogens is 204 g/mol. The summed E-state index contributed by atoms with van der Waals surface area (Å²) in [6.45, 7) is 2.97. The van der Waals surface area contributed by atoms with E-state index >= 15 is 0 Å². The first-order chi connectivity index (χ1) is 7.50. The number of ether oxygens (including phenoxy) is 1. The second-order valence-electron chi connectivity index (χ2n) is 3.67. The van der Waals surface area contributed by atoms with Gasteiger partial charge >= 0.3 is 5.97 Å². The van der Waals surface area contributed by atoms with Crippen LogP contribution >= 0.6 is 0 Å². The highest BCUT2D eigenvalue weighted by molar-refractivity contribution is 5.92. The van der Waals surface area contributed by atoms with Crippen molar-refractivity contribution in [2.45, 2.75) is 19.4 Å². The van der Waals surface area contributed by atoms with Crippen LogP contribution in [0, 0.1) is 22.7 Å². The van der Waals surface area contributed by atoms with Gasteiger partial charge in [-0.15, -0.1) is 0 Å². The number of rotatable bonds is 2. The fourth-order valence-electron chi connectivity index (χ4n) is 1.07. The molecular formula is C12H10N2O2. The Morgan fingerprint density at radius 2 is 1.94 bits per heavy atom. The fraction of sp³-hybridized carbons (Fsp3) is 0.250. The minimum absolute atomic E-state index is 0.174. The van der Waals surface area contributed by atoms with E-state index in [1.165, 1.54) is 26.0 Å². The number of nitrogens with zero attached hydrogens (tertiary/aromatic N) is 2. The molecule has 0 saturated heterocycles. The van der Waals surface area contributed by atoms with Crippen molar-refractivity contribution in [2.24, 2.45) is 0 Å². The SMILES string of the molecule is CC(C)(C#N)OC(=O)c1ccccc1C#N. The van der Waals surface area contributed by atoms with Crippen LogP contribution in [0.2, 0.25) is 0 Å². The van der Waals surface area contributed by atoms with Gasteiger partial charge in [0.1, 0.15) is 12.1 Å². The van der Waals surface area contributed by atoms with Crippen molar-refractivity contribution in [3.63, 3.8) is 0 Å². The molecule has 1 aromatic rings. The first kappa shape index (κ1) is 11.7. The van der Waals surface area contributed by atoms with Gasteiger partial charge in [0.05, 0.1) is 11.1 Å². The van der Waals surface area contributed by atoms with E-state index in [0.717, 1.165) is 0 Å². The maximum atomic E-state index is 11.7. The minimum Gasteiger partial charge on any atom is -0.441 e. The molecule has 0 atom stereocenters. The second kappa shape index (κ2) is 4.46. The van der Waals surface area contributed by atoms with E-state index in [1.54, 1.807) is 12.1 Å². The highest BCUT2D eigenvalue weighted by Gasteiger charge is 2.24. The average Bonchev–Trinajstić information content (AvgIpc) is 2.28. The number of carbonyl (C=O) groups is 1. The molecule has 0 aromatic heterocycles. The van der Waals surface area contributed by atoms with Gasteiger partial charge in [-0.05, 0) is 26.0 Å². The summed E-state index contributed by atoms with van der Waals surface area (Å²) in [6.07, 6.45) is 0. The first-order valence-corrected chi connectivity index (χ1v) is 4.64. The molecule has 0 heterocycles. The number of hydrogen-bond donors (Lipinski definition) is 0. The summed E-state index contributed by atoms with van der Waals surface area (Å²) in [5.74, 6) is -0.663. The van der Waals surface area contributed by atoms with Gasteiger partial charge in [0.15, 0.2) is 5.60 Å². The summed E-state index contributed by atoms with van der Waals surface area (Å²) in [4.78, 5) is 11.7. The molecule has 4 nitrogen and oxygen atoms in total. The van der Waals surface area contributed by atoms with E-state index in [0.29, 0.717) is 0 Å². The lowest BCUT2D eigenvalue weighted by atomic mass is 10.1. The van der Waals surface area contributed by atoms with Crippen LogP contribution in [0.3, 0.4) is 0 Å². The van der Waals surface area contributed by atoms with E-state index in [-0.39, 0.29) is 11.1 Å². The Kier molecular flexibility index (Phi) is 3.27. The molecule has 0 amide bonds. The van der Waals surface area contributed by atoms with Gasteiger partial charge in [0.25, 0.3) is 0 Å². The summed E-state index contributed by atoms with van der Waals surface area (Å²) in [6, 6.07) is 10.1. The molecule has 0 radical (unpaired) electrons. The molecule has 0 unspecified atom stereocenters. The van der Waals surface area contributed by atoms with Crippen molar-refractivity contribution < 1.29 is 9.53 Å². The van der Waals surface area contributed by atoms with E-state index in [4.69, 9.17) is 15.3 Å². The van der Waals surface area contributed by atoms with Crippen LogP contribution in [0.15, 0.2) is 24.3 Å². The zero-order valence-electron chi connectivity index (χ0n) is 9.02. The minimum atomic E-state index is -1.19. The Bertz CT molecular complexity index is 492. The zero-order valence-corrected chi connectivity index (χ0v) is 9.02. The predicted octanol–water partition coefficient (Wildman–Crippen LogP) is 2.02. The van der Waals surface area contributed by atoms with Crippen molar-refractivity contribution >= 4 is 5.97 Å². The van der Waals surface area contributed by atoms with Crippen molar-refractivity contribution in [2.75, 3.05) is 0 Å². The van der Waals surface area contributed by atoms with Gasteiger partial charge in [-0.25, -0.2) is 4.79 Å². The molecule has 0 spiro atoms. The quantitative estimate of drug-likeness (QED) is 0.706. The summed E-state index contributed by atoms with van der Waals surface area (Å²) >= 11 is 0. The molecule has 0 fully saturated rings. The van der Waals surface area contributed by atoms with Crippen molar-refractivity contribution in [1.82, 2.24) is 0 Å². The highest BCUT2D eigenvalue weighted by atomic mass is 16.6. The topological polar surface area (TPSA) is 73.9 Å². The van der Waals surface area contributed by atoms with E-state index in [1.807, 2.05) is 12.1 Å². The predicted molar refractivity (Wildman–Crippen MR) is 56.3 cm³/mol. The number of nitriles is 2. The molecule has 4 heteroatoms. The summed E-state index contributed by atoms with van der Waals surface area (Å²) in [5.41, 5.74) is -0.783. The van der Waals surface area contributed by atoms with Crippen LogP contribution < -0.4 is 0 Å². The number of carbonyl (C=O) groups excluding carboxylic acids is 1. The summed E-state index contributed by atoms with van der Waals surface area (Å²) in [7, 11) is 0. The Morgan fingerprint density at radius 1 is 1.31 bits per heavy atom. The molecule has 0 aliphatic rings. The average molecular weight is 214 g/mol. The lowest BCUT2D eigenvalue weighted by molar-refractivity contribution is 0.0197. The molecule has 0 aliphatic heterocycles. The molecule has 0 bridgehead atoms. The lowest BCUT2D eigenvalue weighted by Gasteiger charge is -2.16. The number of hydrogen-bond acceptors (Lipinski definition) is 4. The lowest BCUT2D eigenvalue weighted by Crippen LogP contribution is -2.26. The molecule has 1 rings (SSSR count). The van der Waals surface area contributed by atoms with Crippen LogP contribution in [0.1, 0.15) is 29.8 Å². The largest absolute Gasteiger partial charge is 0.441 e. The smallest absolute Gasteiger partial charge is 0.341 e. The Labute approximate surface area is 93.7 Å². The molecule has 0 N–H and O–H groups in total. The van der Waals surface area contributed by atoms with Crippen LogP contribution in [-0.4, -0.2) is 11.6 Å². The van der Waals surface area contributed by atoms with Crippen molar-refractivity contribution in [1.29, 1.82) is 10.5 Å². The third kappa shape index (κ3) is 2.59. The summed E-state index contributed by atoms with van der Waals surface area (Å²) in [5, 5.41) is 17.5. The molecule has 0 aliphatic carbocycles. The number of esters is 1. The maximum Gasteiger partial charge on any atom is 0.341 e. The summed E-state index contributed by atoms with van der Waals surface area (Å²) < 4.78 is 4.96. The van der Waals surface area contributed by atoms with Crippen LogP contribution in [-0.2, 0) is 4.74 Å². The van der Waals surface area contributed by atoms with Gasteiger partial charge in [0.2, 0.25) is 0 Å². The third-order valence-corrected chi connectivity index (χ3v) is 1.88. The Balaban J connectivity index is 3.00. The highest BCUT2D eigenvalue weighted by Crippen LogP contribution is 2.14. The van der Waals surface area contributed by atoms with Gasteiger partial charge in [0, 0.05) is 0 Å². The van der Waals surface area contributed by atoms with Crippen LogP contribution in [0.25, 0.3) is 0 Å². The van der Waals surface area contributed by atoms with Gasteiger partial charge in [-0.1, -0.05) is 12.1 Å². The fourth-order valence-corrected chi connectivity index (χ4v) is 1.07. The molecule has 0 saturated carbocycles. The zero-order chi connectivity index (χ0) is 12.2. The van der Waals surface area contributed by atoms with Crippen LogP contribution in [0.5, 0.6) is 0 Å². The standard InChI is InChI=1S/C12H10N2O2/c1-12(2,8-14)16-11(15)10-6-4-3-5-9(10)7-13/h3-6H,1-2H3. The third-order valence-electron chi connectivity index (χ3n) is 1.88. The van der Waals surface area contributed by atoms with Crippen molar-refractivity contribution in [3.8, 4) is 12.1 Å². The monoisotopic (exact) mass is 214 g/mol. The second-order valence-corrected chi connectivity index (χ2v) is 3.67.